The molecule has 0 amide bonds. The lowest BCUT2D eigenvalue weighted by atomic mass is 10.3. The second-order valence-corrected chi connectivity index (χ2v) is 5.30. The second-order valence-electron chi connectivity index (χ2n) is 3.00. The van der Waals surface area contributed by atoms with Crippen LogP contribution in [0.2, 0.25) is 0 Å². The van der Waals surface area contributed by atoms with Crippen molar-refractivity contribution >= 4 is 23.4 Å². The lowest BCUT2D eigenvalue weighted by Crippen LogP contribution is -2.08. The molecule has 0 fully saturated rings. The van der Waals surface area contributed by atoms with Crippen molar-refractivity contribution in [3.8, 4) is 0 Å². The molecule has 0 heterocycles. The van der Waals surface area contributed by atoms with Crippen molar-refractivity contribution in [2.45, 2.75) is 31.9 Å². The number of rotatable bonds is 3. The van der Waals surface area contributed by atoms with Gasteiger partial charge in [-0.3, -0.25) is 0 Å². The number of halogens is 1. The van der Waals surface area contributed by atoms with E-state index in [1.165, 1.54) is 5.75 Å². The Morgan fingerprint density at radius 3 is 2.22 bits per heavy atom. The number of hydrogen-bond acceptors (Lipinski definition) is 1. The highest BCUT2D eigenvalue weighted by Crippen LogP contribution is 2.23. The molecular weight excluding hydrogens is 152 g/mol. The molecule has 0 aliphatic rings. The summed E-state index contributed by atoms with van der Waals surface area (Å²) < 4.78 is 0.409. The van der Waals surface area contributed by atoms with Crippen LogP contribution in [0.4, 0.5) is 0 Å². The van der Waals surface area contributed by atoms with Crippen LogP contribution in [-0.2, 0) is 0 Å². The molecule has 0 unspecified atom stereocenters. The zero-order valence-electron chi connectivity index (χ0n) is 6.41. The van der Waals surface area contributed by atoms with Gasteiger partial charge in [-0.2, -0.15) is 11.8 Å². The van der Waals surface area contributed by atoms with Gasteiger partial charge in [-0.1, -0.05) is 20.8 Å². The van der Waals surface area contributed by atoms with Crippen LogP contribution in [0.1, 0.15) is 27.2 Å². The van der Waals surface area contributed by atoms with Crippen molar-refractivity contribution in [3.05, 3.63) is 0 Å². The van der Waals surface area contributed by atoms with Crippen LogP contribution < -0.4 is 0 Å². The number of thioether (sulfide) groups is 1. The maximum atomic E-state index is 5.52. The van der Waals surface area contributed by atoms with Crippen LogP contribution in [0.25, 0.3) is 0 Å². The minimum atomic E-state index is 0.409. The predicted molar refractivity (Wildman–Crippen MR) is 47.5 cm³/mol. The molecule has 0 radical (unpaired) electrons. The highest BCUT2D eigenvalue weighted by Gasteiger charge is 2.08. The summed E-state index contributed by atoms with van der Waals surface area (Å²) in [6, 6.07) is 0. The monoisotopic (exact) mass is 166 g/mol. The van der Waals surface area contributed by atoms with Crippen molar-refractivity contribution in [2.24, 2.45) is 0 Å². The van der Waals surface area contributed by atoms with Gasteiger partial charge in [0.1, 0.15) is 0 Å². The zero-order valence-corrected chi connectivity index (χ0v) is 7.98. The number of alkyl halides is 1. The van der Waals surface area contributed by atoms with Gasteiger partial charge in [-0.15, -0.1) is 11.6 Å². The fourth-order valence-corrected chi connectivity index (χ4v) is 1.63. The molecule has 0 bridgehead atoms. The summed E-state index contributed by atoms with van der Waals surface area (Å²) in [5.41, 5.74) is 0. The van der Waals surface area contributed by atoms with Crippen LogP contribution in [0, 0.1) is 0 Å². The van der Waals surface area contributed by atoms with Gasteiger partial charge in [-0.25, -0.2) is 0 Å². The molecule has 0 N–H and O–H groups in total. The van der Waals surface area contributed by atoms with E-state index in [1.54, 1.807) is 0 Å². The Balaban J connectivity index is 3.07. The third-order valence-electron chi connectivity index (χ3n) is 0.813. The molecule has 0 saturated heterocycles. The zero-order chi connectivity index (χ0) is 7.33. The Labute approximate surface area is 67.4 Å². The van der Waals surface area contributed by atoms with E-state index < -0.39 is 0 Å². The summed E-state index contributed by atoms with van der Waals surface area (Å²) in [5, 5.41) is 0. The van der Waals surface area contributed by atoms with E-state index in [0.29, 0.717) is 4.75 Å². The smallest absolute Gasteiger partial charge is 0.0231 e. The van der Waals surface area contributed by atoms with Gasteiger partial charge in [0.15, 0.2) is 0 Å². The highest BCUT2D eigenvalue weighted by atomic mass is 35.5. The maximum Gasteiger partial charge on any atom is 0.0231 e. The lowest BCUT2D eigenvalue weighted by Gasteiger charge is -2.16. The molecule has 2 heteroatoms. The summed E-state index contributed by atoms with van der Waals surface area (Å²) in [6.45, 7) is 6.68. The average Bonchev–Trinajstić information content (AvgIpc) is 1.63. The Kier molecular flexibility index (Phi) is 4.77. The van der Waals surface area contributed by atoms with E-state index in [1.807, 2.05) is 11.8 Å². The summed E-state index contributed by atoms with van der Waals surface area (Å²) in [7, 11) is 0. The van der Waals surface area contributed by atoms with Gasteiger partial charge in [-0.05, 0) is 12.2 Å². The molecule has 0 aromatic heterocycles. The molecule has 0 saturated carbocycles. The normalized spacial score (nSPS) is 12.0. The minimum absolute atomic E-state index is 0.409. The molecule has 0 aliphatic carbocycles. The van der Waals surface area contributed by atoms with Crippen LogP contribution in [0.3, 0.4) is 0 Å². The molecule has 0 rings (SSSR count). The van der Waals surface area contributed by atoms with Gasteiger partial charge in [0.05, 0.1) is 0 Å². The van der Waals surface area contributed by atoms with Crippen LogP contribution >= 0.6 is 23.4 Å². The SMILES string of the molecule is CC(C)(C)SCCCCl. The van der Waals surface area contributed by atoms with Crippen LogP contribution in [0.15, 0.2) is 0 Å². The van der Waals surface area contributed by atoms with Crippen LogP contribution in [-0.4, -0.2) is 16.4 Å². The highest BCUT2D eigenvalue weighted by molar-refractivity contribution is 8.00. The molecular formula is C7H15ClS. The van der Waals surface area contributed by atoms with Crippen molar-refractivity contribution in [2.75, 3.05) is 11.6 Å². The van der Waals surface area contributed by atoms with Crippen LogP contribution in [0.5, 0.6) is 0 Å². The summed E-state index contributed by atoms with van der Waals surface area (Å²) in [6.07, 6.45) is 1.13. The van der Waals surface area contributed by atoms with E-state index in [9.17, 15) is 0 Å². The Hall–Kier alpha value is 0.640. The largest absolute Gasteiger partial charge is 0.156 e. The standard InChI is InChI=1S/C7H15ClS/c1-7(2,3)9-6-4-5-8/h4-6H2,1-3H3. The Morgan fingerprint density at radius 2 is 1.89 bits per heavy atom. The van der Waals surface area contributed by atoms with Crippen molar-refractivity contribution in [3.63, 3.8) is 0 Å². The van der Waals surface area contributed by atoms with Crippen molar-refractivity contribution < 1.29 is 0 Å². The van der Waals surface area contributed by atoms with E-state index in [2.05, 4.69) is 20.8 Å². The van der Waals surface area contributed by atoms with E-state index in [0.717, 1.165) is 12.3 Å². The lowest BCUT2D eigenvalue weighted by molar-refractivity contribution is 0.801. The van der Waals surface area contributed by atoms with Crippen molar-refractivity contribution in [1.82, 2.24) is 0 Å². The first-order valence-electron chi connectivity index (χ1n) is 3.26. The van der Waals surface area contributed by atoms with Gasteiger partial charge in [0, 0.05) is 10.6 Å². The fraction of sp³-hybridized carbons (Fsp3) is 1.00. The molecule has 0 aromatic rings. The third-order valence-corrected chi connectivity index (χ3v) is 2.44. The Bertz CT molecular complexity index is 65.8. The van der Waals surface area contributed by atoms with Crippen molar-refractivity contribution in [1.29, 1.82) is 0 Å². The minimum Gasteiger partial charge on any atom is -0.156 e. The topological polar surface area (TPSA) is 0 Å². The molecule has 56 valence electrons. The summed E-state index contributed by atoms with van der Waals surface area (Å²) >= 11 is 7.49. The van der Waals surface area contributed by atoms with Gasteiger partial charge < -0.3 is 0 Å². The molecule has 0 aromatic carbocycles. The van der Waals surface area contributed by atoms with E-state index in [4.69, 9.17) is 11.6 Å². The first-order chi connectivity index (χ1) is 4.06. The molecule has 0 atom stereocenters. The third kappa shape index (κ3) is 8.64. The summed E-state index contributed by atoms with van der Waals surface area (Å²) in [5.74, 6) is 1.98. The summed E-state index contributed by atoms with van der Waals surface area (Å²) in [4.78, 5) is 0. The van der Waals surface area contributed by atoms with Gasteiger partial charge >= 0.3 is 0 Å². The average molecular weight is 167 g/mol. The Morgan fingerprint density at radius 1 is 1.33 bits per heavy atom. The van der Waals surface area contributed by atoms with E-state index in [-0.39, 0.29) is 0 Å². The first kappa shape index (κ1) is 9.64. The number of hydrogen-bond donors (Lipinski definition) is 0. The second kappa shape index (κ2) is 4.45. The quantitative estimate of drug-likeness (QED) is 0.459. The first-order valence-corrected chi connectivity index (χ1v) is 4.78. The van der Waals surface area contributed by atoms with Gasteiger partial charge in [0.25, 0.3) is 0 Å². The molecule has 0 spiro atoms. The maximum absolute atomic E-state index is 5.52. The van der Waals surface area contributed by atoms with Gasteiger partial charge in [0.2, 0.25) is 0 Å². The molecule has 9 heavy (non-hydrogen) atoms. The molecule has 0 nitrogen and oxygen atoms in total. The van der Waals surface area contributed by atoms with E-state index >= 15 is 0 Å². The fourth-order valence-electron chi connectivity index (χ4n) is 0.433. The molecule has 0 aliphatic heterocycles. The predicted octanol–water partition coefficient (Wildman–Crippen LogP) is 3.15.